The molecule has 10 heteroatoms. The summed E-state index contributed by atoms with van der Waals surface area (Å²) in [6.07, 6.45) is 2.68. The summed E-state index contributed by atoms with van der Waals surface area (Å²) in [5, 5.41) is 14.7. The molecule has 7 nitrogen and oxygen atoms in total. The van der Waals surface area contributed by atoms with Gasteiger partial charge < -0.3 is 4.90 Å². The number of benzene rings is 1. The molecule has 1 fully saturated rings. The summed E-state index contributed by atoms with van der Waals surface area (Å²) in [5.41, 5.74) is 1.97. The fourth-order valence-corrected chi connectivity index (χ4v) is 4.71. The lowest BCUT2D eigenvalue weighted by molar-refractivity contribution is 0.123. The highest BCUT2D eigenvalue weighted by Gasteiger charge is 2.26. The molecular formula is C20H19F2N7S. The van der Waals surface area contributed by atoms with Crippen LogP contribution in [-0.4, -0.2) is 49.5 Å². The third-order valence-electron chi connectivity index (χ3n) is 5.20. The van der Waals surface area contributed by atoms with E-state index in [0.717, 1.165) is 41.5 Å². The monoisotopic (exact) mass is 427 g/mol. The molecule has 3 aromatic heterocycles. The van der Waals surface area contributed by atoms with Crippen molar-refractivity contribution in [3.8, 4) is 10.6 Å². The summed E-state index contributed by atoms with van der Waals surface area (Å²) < 4.78 is 26.8. The molecule has 0 saturated carbocycles. The van der Waals surface area contributed by atoms with Crippen LogP contribution in [0.4, 0.5) is 14.6 Å². The Morgan fingerprint density at radius 3 is 2.83 bits per heavy atom. The summed E-state index contributed by atoms with van der Waals surface area (Å²) in [7, 11) is 0. The highest BCUT2D eigenvalue weighted by Crippen LogP contribution is 2.33. The number of halogens is 2. The van der Waals surface area contributed by atoms with E-state index in [2.05, 4.69) is 30.2 Å². The van der Waals surface area contributed by atoms with Crippen LogP contribution in [0, 0.1) is 0 Å². The van der Waals surface area contributed by atoms with Gasteiger partial charge in [-0.25, -0.2) is 23.4 Å². The van der Waals surface area contributed by atoms with Crippen molar-refractivity contribution < 1.29 is 8.78 Å². The molecule has 1 aromatic carbocycles. The number of hydrogen-bond donors (Lipinski definition) is 0. The van der Waals surface area contributed by atoms with Crippen molar-refractivity contribution in [2.24, 2.45) is 0 Å². The van der Waals surface area contributed by atoms with Crippen molar-refractivity contribution in [2.45, 2.75) is 31.7 Å². The summed E-state index contributed by atoms with van der Waals surface area (Å²) in [6.45, 7) is 1.09. The number of fused-ring (bicyclic) bond motifs is 1. The summed E-state index contributed by atoms with van der Waals surface area (Å²) >= 11 is 1.62. The number of nitrogens with zero attached hydrogens (tertiary/aromatic N) is 7. The molecule has 1 saturated heterocycles. The van der Waals surface area contributed by atoms with Gasteiger partial charge in [0.2, 0.25) is 0 Å². The van der Waals surface area contributed by atoms with Crippen molar-refractivity contribution in [1.82, 2.24) is 29.9 Å². The molecule has 5 rings (SSSR count). The third kappa shape index (κ3) is 3.74. The van der Waals surface area contributed by atoms with Crippen molar-refractivity contribution in [1.29, 1.82) is 0 Å². The van der Waals surface area contributed by atoms with Gasteiger partial charge in [-0.05, 0) is 12.8 Å². The van der Waals surface area contributed by atoms with Gasteiger partial charge >= 0.3 is 0 Å². The van der Waals surface area contributed by atoms with E-state index in [0.29, 0.717) is 17.0 Å². The van der Waals surface area contributed by atoms with Gasteiger partial charge in [0.15, 0.2) is 5.65 Å². The maximum absolute atomic E-state index is 12.8. The Hall–Kier alpha value is -3.01. The Kier molecular flexibility index (Phi) is 5.07. The predicted molar refractivity (Wildman–Crippen MR) is 111 cm³/mol. The first kappa shape index (κ1) is 19.0. The first-order valence-electron chi connectivity index (χ1n) is 9.78. The quantitative estimate of drug-likeness (QED) is 0.480. The average Bonchev–Trinajstić information content (AvgIpc) is 3.42. The van der Waals surface area contributed by atoms with Crippen LogP contribution < -0.4 is 4.90 Å². The zero-order valence-corrected chi connectivity index (χ0v) is 16.8. The first-order valence-corrected chi connectivity index (χ1v) is 10.6. The molecule has 0 radical (unpaired) electrons. The van der Waals surface area contributed by atoms with Gasteiger partial charge in [-0.1, -0.05) is 41.7 Å². The molecule has 1 aliphatic heterocycles. The van der Waals surface area contributed by atoms with Gasteiger partial charge in [-0.3, -0.25) is 0 Å². The lowest BCUT2D eigenvalue weighted by Gasteiger charge is -2.32. The van der Waals surface area contributed by atoms with Crippen molar-refractivity contribution in [2.75, 3.05) is 18.0 Å². The Labute approximate surface area is 175 Å². The Morgan fingerprint density at radius 2 is 2.00 bits per heavy atom. The van der Waals surface area contributed by atoms with E-state index in [4.69, 9.17) is 0 Å². The molecule has 0 N–H and O–H groups in total. The van der Waals surface area contributed by atoms with Crippen LogP contribution in [0.5, 0.6) is 0 Å². The zero-order valence-electron chi connectivity index (χ0n) is 16.0. The van der Waals surface area contributed by atoms with Crippen LogP contribution in [0.25, 0.3) is 21.7 Å². The SMILES string of the molecule is FC(F)Cn1ncc2ncc(N3CCCC(c4nnc(-c5ccccc5)s4)C3)nc21. The molecule has 0 amide bonds. The summed E-state index contributed by atoms with van der Waals surface area (Å²) in [4.78, 5) is 11.1. The Bertz CT molecular complexity index is 1140. The molecule has 4 heterocycles. The molecule has 1 atom stereocenters. The molecule has 1 unspecified atom stereocenters. The van der Waals surface area contributed by atoms with Crippen molar-refractivity contribution in [3.05, 3.63) is 47.7 Å². The van der Waals surface area contributed by atoms with Gasteiger partial charge in [0.1, 0.15) is 27.9 Å². The van der Waals surface area contributed by atoms with E-state index in [-0.39, 0.29) is 5.92 Å². The molecular weight excluding hydrogens is 408 g/mol. The molecule has 0 spiro atoms. The fraction of sp³-hybridized carbons (Fsp3) is 0.350. The highest BCUT2D eigenvalue weighted by molar-refractivity contribution is 7.14. The number of anilines is 1. The first-order chi connectivity index (χ1) is 14.7. The van der Waals surface area contributed by atoms with Gasteiger partial charge in [0.25, 0.3) is 6.43 Å². The number of rotatable bonds is 5. The highest BCUT2D eigenvalue weighted by atomic mass is 32.1. The summed E-state index contributed by atoms with van der Waals surface area (Å²) in [5.74, 6) is 0.924. The van der Waals surface area contributed by atoms with Gasteiger partial charge in [0, 0.05) is 24.6 Å². The zero-order chi connectivity index (χ0) is 20.5. The van der Waals surface area contributed by atoms with Crippen LogP contribution in [0.3, 0.4) is 0 Å². The van der Waals surface area contributed by atoms with Gasteiger partial charge in [0.05, 0.1) is 12.4 Å². The van der Waals surface area contributed by atoms with Crippen LogP contribution in [0.1, 0.15) is 23.8 Å². The van der Waals surface area contributed by atoms with Crippen LogP contribution >= 0.6 is 11.3 Å². The van der Waals surface area contributed by atoms with Crippen LogP contribution in [0.2, 0.25) is 0 Å². The molecule has 1 aliphatic rings. The van der Waals surface area contributed by atoms with E-state index >= 15 is 0 Å². The minimum absolute atomic E-state index is 0.247. The topological polar surface area (TPSA) is 72.6 Å². The van der Waals surface area contributed by atoms with Gasteiger partial charge in [-0.15, -0.1) is 10.2 Å². The van der Waals surface area contributed by atoms with E-state index in [1.165, 1.54) is 10.9 Å². The Balaban J connectivity index is 1.37. The molecule has 0 bridgehead atoms. The van der Waals surface area contributed by atoms with Crippen molar-refractivity contribution in [3.63, 3.8) is 0 Å². The van der Waals surface area contributed by atoms with Crippen molar-refractivity contribution >= 4 is 28.3 Å². The van der Waals surface area contributed by atoms with E-state index < -0.39 is 13.0 Å². The van der Waals surface area contributed by atoms with Crippen LogP contribution in [-0.2, 0) is 6.54 Å². The van der Waals surface area contributed by atoms with E-state index in [1.54, 1.807) is 17.5 Å². The number of hydrogen-bond acceptors (Lipinski definition) is 7. The average molecular weight is 427 g/mol. The molecule has 154 valence electrons. The minimum Gasteiger partial charge on any atom is -0.355 e. The lowest BCUT2D eigenvalue weighted by Crippen LogP contribution is -2.35. The van der Waals surface area contributed by atoms with E-state index in [9.17, 15) is 8.78 Å². The largest absolute Gasteiger partial charge is 0.355 e. The third-order valence-corrected chi connectivity index (χ3v) is 6.33. The smallest absolute Gasteiger partial charge is 0.258 e. The fourth-order valence-electron chi connectivity index (χ4n) is 3.74. The van der Waals surface area contributed by atoms with E-state index in [1.807, 2.05) is 30.3 Å². The molecule has 30 heavy (non-hydrogen) atoms. The second-order valence-electron chi connectivity index (χ2n) is 7.25. The minimum atomic E-state index is -2.49. The molecule has 0 aliphatic carbocycles. The standard InChI is InChI=1S/C20H19F2N7S/c21-16(22)12-29-18-15(9-24-29)23-10-17(25-18)28-8-4-7-14(11-28)20-27-26-19(30-20)13-5-2-1-3-6-13/h1-3,5-6,9-10,14,16H,4,7-8,11-12H2. The summed E-state index contributed by atoms with van der Waals surface area (Å²) in [6, 6.07) is 10.0. The normalized spacial score (nSPS) is 17.2. The van der Waals surface area contributed by atoms with Crippen LogP contribution in [0.15, 0.2) is 42.7 Å². The molecule has 4 aromatic rings. The predicted octanol–water partition coefficient (Wildman–Crippen LogP) is 3.99. The number of aromatic nitrogens is 6. The van der Waals surface area contributed by atoms with Gasteiger partial charge in [-0.2, -0.15) is 5.10 Å². The lowest BCUT2D eigenvalue weighted by atomic mass is 9.99. The maximum Gasteiger partial charge on any atom is 0.258 e. The number of piperidine rings is 1. The Morgan fingerprint density at radius 1 is 1.13 bits per heavy atom. The second kappa shape index (κ2) is 8.02. The maximum atomic E-state index is 12.8. The number of alkyl halides is 2. The second-order valence-corrected chi connectivity index (χ2v) is 8.26.